The molecule has 3 amide bonds. The van der Waals surface area contributed by atoms with Crippen LogP contribution in [0.25, 0.3) is 0 Å². The smallest absolute Gasteiger partial charge is 0.460 e. The van der Waals surface area contributed by atoms with Crippen molar-refractivity contribution in [3.8, 4) is 0 Å². The molecule has 13 heteroatoms. The summed E-state index contributed by atoms with van der Waals surface area (Å²) in [6.07, 6.45) is 25.9. The molecule has 1 aromatic carbocycles. The monoisotopic (exact) mass is 850 g/mol. The fraction of sp³-hybridized carbons (Fsp3) is 0.733. The van der Waals surface area contributed by atoms with Crippen LogP contribution in [-0.4, -0.2) is 62.4 Å². The highest BCUT2D eigenvalue weighted by Crippen LogP contribution is 2.48. The van der Waals surface area contributed by atoms with E-state index in [9.17, 15) is 23.7 Å². The van der Waals surface area contributed by atoms with E-state index in [1.807, 2.05) is 6.92 Å². The van der Waals surface area contributed by atoms with Crippen LogP contribution in [0.4, 0.5) is 5.69 Å². The van der Waals surface area contributed by atoms with E-state index in [0.29, 0.717) is 29.4 Å². The summed E-state index contributed by atoms with van der Waals surface area (Å²) in [5, 5.41) is 2.69. The number of carbonyl (C=O) groups excluding carboxylic acids is 4. The van der Waals surface area contributed by atoms with Gasteiger partial charge in [0.1, 0.15) is 6.10 Å². The van der Waals surface area contributed by atoms with Crippen LogP contribution in [0.3, 0.4) is 0 Å². The van der Waals surface area contributed by atoms with Gasteiger partial charge >= 0.3 is 13.8 Å². The first-order chi connectivity index (χ1) is 28.1. The van der Waals surface area contributed by atoms with E-state index in [4.69, 9.17) is 18.3 Å². The van der Waals surface area contributed by atoms with Gasteiger partial charge in [0.25, 0.3) is 17.7 Å². The van der Waals surface area contributed by atoms with E-state index in [1.54, 1.807) is 18.2 Å². The zero-order valence-electron chi connectivity index (χ0n) is 36.4. The maximum atomic E-state index is 13.2. The number of unbranched alkanes of at least 4 members (excludes halogenated alkanes) is 15. The number of ether oxygens (including phenoxy) is 1. The molecule has 1 aliphatic rings. The Morgan fingerprint density at radius 2 is 1.41 bits per heavy atom. The number of rotatable bonds is 36. The lowest BCUT2D eigenvalue weighted by Crippen LogP contribution is -2.31. The van der Waals surface area contributed by atoms with Crippen molar-refractivity contribution >= 4 is 49.0 Å². The maximum absolute atomic E-state index is 13.2. The second-order valence-corrected chi connectivity index (χ2v) is 18.2. The van der Waals surface area contributed by atoms with Crippen molar-refractivity contribution in [2.24, 2.45) is 5.92 Å². The Balaban J connectivity index is 1.66. The van der Waals surface area contributed by atoms with Gasteiger partial charge in [-0.05, 0) is 49.8 Å². The fourth-order valence-electron chi connectivity index (χ4n) is 6.86. The molecular weight excluding hydrogens is 776 g/mol. The second kappa shape index (κ2) is 31.4. The van der Waals surface area contributed by atoms with Crippen molar-refractivity contribution in [1.29, 1.82) is 0 Å². The Morgan fingerprint density at radius 3 is 2.00 bits per heavy atom. The number of phosphoric acid groups is 1. The molecule has 1 N–H and O–H groups in total. The molecule has 0 radical (unpaired) electrons. The number of thioether (sulfide) groups is 1. The van der Waals surface area contributed by atoms with Gasteiger partial charge in [0.15, 0.2) is 0 Å². The number of phosphoric ester groups is 1. The molecule has 0 aromatic heterocycles. The van der Waals surface area contributed by atoms with E-state index in [2.05, 4.69) is 26.1 Å². The minimum atomic E-state index is -3.99. The van der Waals surface area contributed by atoms with Crippen molar-refractivity contribution in [3.05, 3.63) is 40.8 Å². The van der Waals surface area contributed by atoms with Gasteiger partial charge in [0.05, 0.1) is 23.8 Å². The van der Waals surface area contributed by atoms with Crippen LogP contribution in [0.5, 0.6) is 0 Å². The van der Waals surface area contributed by atoms with Gasteiger partial charge < -0.3 is 10.1 Å². The van der Waals surface area contributed by atoms with Crippen LogP contribution >= 0.6 is 19.6 Å². The van der Waals surface area contributed by atoms with Crippen LogP contribution in [-0.2, 0) is 37.3 Å². The van der Waals surface area contributed by atoms with Crippen molar-refractivity contribution < 1.29 is 42.1 Å². The summed E-state index contributed by atoms with van der Waals surface area (Å²) in [4.78, 5) is 53.1. The number of nitrogens with zero attached hydrogens (tertiary/aromatic N) is 1. The Hall–Kier alpha value is -2.50. The molecule has 58 heavy (non-hydrogen) atoms. The normalized spacial score (nSPS) is 15.0. The third kappa shape index (κ3) is 21.1. The largest absolute Gasteiger partial charge is 0.474 e. The van der Waals surface area contributed by atoms with E-state index < -0.39 is 25.7 Å². The summed E-state index contributed by atoms with van der Waals surface area (Å²) < 4.78 is 34.5. The molecule has 2 rings (SSSR count). The number of benzene rings is 1. The summed E-state index contributed by atoms with van der Waals surface area (Å²) in [5.41, 5.74) is 0.546. The molecule has 330 valence electrons. The first-order valence-corrected chi connectivity index (χ1v) is 24.8. The highest BCUT2D eigenvalue weighted by Gasteiger charge is 2.33. The molecule has 0 bridgehead atoms. The summed E-state index contributed by atoms with van der Waals surface area (Å²) in [5.74, 6) is -0.325. The van der Waals surface area contributed by atoms with Crippen LogP contribution in [0.1, 0.15) is 179 Å². The summed E-state index contributed by atoms with van der Waals surface area (Å²) in [7, 11) is -2.79. The number of imide groups is 1. The van der Waals surface area contributed by atoms with Gasteiger partial charge in [0, 0.05) is 37.5 Å². The molecule has 3 unspecified atom stereocenters. The zero-order chi connectivity index (χ0) is 42.4. The molecule has 0 saturated heterocycles. The van der Waals surface area contributed by atoms with Crippen molar-refractivity contribution in [1.82, 2.24) is 5.32 Å². The molecule has 11 nitrogen and oxygen atoms in total. The van der Waals surface area contributed by atoms with Gasteiger partial charge in [-0.25, -0.2) is 9.46 Å². The average molecular weight is 851 g/mol. The van der Waals surface area contributed by atoms with Crippen LogP contribution in [0, 0.1) is 5.92 Å². The molecule has 3 atom stereocenters. The molecular formula is C45H75N2O9PS. The van der Waals surface area contributed by atoms with Gasteiger partial charge in [-0.1, -0.05) is 143 Å². The number of hydrogen-bond donors (Lipinski definition) is 1. The van der Waals surface area contributed by atoms with Crippen molar-refractivity contribution in [3.63, 3.8) is 0 Å². The van der Waals surface area contributed by atoms with Crippen molar-refractivity contribution in [2.45, 2.75) is 175 Å². The quantitative estimate of drug-likeness (QED) is 0.0300. The topological polar surface area (TPSA) is 138 Å². The van der Waals surface area contributed by atoms with Crippen molar-refractivity contribution in [2.75, 3.05) is 37.5 Å². The predicted molar refractivity (Wildman–Crippen MR) is 236 cm³/mol. The fourth-order valence-corrected chi connectivity index (χ4v) is 8.96. The highest BCUT2D eigenvalue weighted by atomic mass is 32.2. The number of nitrogens with one attached hydrogen (secondary N) is 1. The first-order valence-electron chi connectivity index (χ1n) is 22.4. The maximum Gasteiger partial charge on any atom is 0.474 e. The van der Waals surface area contributed by atoms with Gasteiger partial charge in [-0.2, -0.15) is 0 Å². The van der Waals surface area contributed by atoms with E-state index in [-0.39, 0.29) is 37.2 Å². The van der Waals surface area contributed by atoms with Gasteiger partial charge in [-0.15, -0.1) is 11.8 Å². The molecule has 0 spiro atoms. The number of esters is 1. The second-order valence-electron chi connectivity index (χ2n) is 15.4. The summed E-state index contributed by atoms with van der Waals surface area (Å²) in [6, 6.07) is 6.29. The highest BCUT2D eigenvalue weighted by molar-refractivity contribution is 8.04. The first kappa shape index (κ1) is 51.6. The lowest BCUT2D eigenvalue weighted by atomic mass is 9.99. The average Bonchev–Trinajstić information content (AvgIpc) is 3.51. The van der Waals surface area contributed by atoms with Gasteiger partial charge in [0.2, 0.25) is 0 Å². The number of anilines is 1. The van der Waals surface area contributed by atoms with Crippen LogP contribution in [0.15, 0.2) is 35.2 Å². The minimum Gasteiger partial charge on any atom is -0.460 e. The SMILES string of the molecule is CCCCCCCCCCCCCCCCCC(=O)OC(CC)COP(=O)(OC)OCCNC(=O)c1cccc(N2C(=O)C=C(SCC(CCC)CCCC)C2=O)c1. The Bertz CT molecular complexity index is 1420. The standard InChI is InChI=1S/C45H75N2O9PS/c1-6-10-12-13-14-15-16-17-18-19-20-21-22-23-24-30-43(49)56-40(9-4)35-55-57(52,53-5)54-32-31-46-44(50)38-28-25-29-39(33-38)47-42(48)34-41(45(47)51)58-36-37(26-8-3)27-11-7-2/h25,28-29,33-34,37,40H,6-24,26-27,30-32,35-36H2,1-5H3,(H,46,50). The molecule has 0 saturated carbocycles. The minimum absolute atomic E-state index is 0.0217. The summed E-state index contributed by atoms with van der Waals surface area (Å²) >= 11 is 1.43. The van der Waals surface area contributed by atoms with Crippen LogP contribution in [0.2, 0.25) is 0 Å². The molecule has 1 aliphatic heterocycles. The lowest BCUT2D eigenvalue weighted by molar-refractivity contribution is -0.151. The van der Waals surface area contributed by atoms with E-state index >= 15 is 0 Å². The molecule has 0 fully saturated rings. The Morgan fingerprint density at radius 1 is 0.793 bits per heavy atom. The lowest BCUT2D eigenvalue weighted by Gasteiger charge is -2.20. The van der Waals surface area contributed by atoms with Gasteiger partial charge in [-0.3, -0.25) is 32.7 Å². The van der Waals surface area contributed by atoms with Crippen LogP contribution < -0.4 is 10.2 Å². The van der Waals surface area contributed by atoms with E-state index in [0.717, 1.165) is 62.0 Å². The van der Waals surface area contributed by atoms with E-state index in [1.165, 1.54) is 108 Å². The molecule has 1 aromatic rings. The molecule has 0 aliphatic carbocycles. The Kier molecular flexibility index (Phi) is 27.9. The Labute approximate surface area is 354 Å². The third-order valence-corrected chi connectivity index (χ3v) is 13.1. The third-order valence-electron chi connectivity index (χ3n) is 10.4. The number of carbonyl (C=O) groups is 4. The number of amides is 3. The zero-order valence-corrected chi connectivity index (χ0v) is 38.1. The number of hydrogen-bond acceptors (Lipinski definition) is 10. The molecule has 1 heterocycles. The predicted octanol–water partition coefficient (Wildman–Crippen LogP) is 11.9. The summed E-state index contributed by atoms with van der Waals surface area (Å²) in [6.45, 7) is 8.06.